The molecular formula is C10H14ClNO2. The van der Waals surface area contributed by atoms with Gasteiger partial charge in [-0.15, -0.1) is 17.3 Å². The Morgan fingerprint density at radius 2 is 2.36 bits per heavy atom. The Balaban J connectivity index is 4.54. The van der Waals surface area contributed by atoms with Gasteiger partial charge in [0.25, 0.3) is 0 Å². The summed E-state index contributed by atoms with van der Waals surface area (Å²) in [6.07, 6.45) is 3.40. The highest BCUT2D eigenvalue weighted by Gasteiger charge is 2.13. The Morgan fingerprint density at radius 3 is 2.71 bits per heavy atom. The van der Waals surface area contributed by atoms with Crippen LogP contribution in [0.3, 0.4) is 0 Å². The first kappa shape index (κ1) is 13.0. The predicted octanol–water partition coefficient (Wildman–Crippen LogP) is 1.54. The summed E-state index contributed by atoms with van der Waals surface area (Å²) < 4.78 is 0. The zero-order chi connectivity index (χ0) is 11.0. The number of hydrogen-bond donors (Lipinski definition) is 2. The minimum absolute atomic E-state index is 0.0129. The van der Waals surface area contributed by atoms with Gasteiger partial charge in [-0.3, -0.25) is 4.79 Å². The first-order valence-electron chi connectivity index (χ1n) is 4.20. The maximum atomic E-state index is 10.5. The zero-order valence-electron chi connectivity index (χ0n) is 7.87. The van der Waals surface area contributed by atoms with Crippen molar-refractivity contribution in [3.8, 4) is 0 Å². The van der Waals surface area contributed by atoms with Crippen LogP contribution in [0.5, 0.6) is 0 Å². The van der Waals surface area contributed by atoms with Crippen LogP contribution in [0.25, 0.3) is 0 Å². The van der Waals surface area contributed by atoms with Crippen molar-refractivity contribution >= 4 is 17.6 Å². The average Bonchev–Trinajstić information content (AvgIpc) is 2.16. The number of halogens is 1. The number of carboxylic acids is 1. The minimum Gasteiger partial charge on any atom is -0.481 e. The van der Waals surface area contributed by atoms with Gasteiger partial charge in [-0.2, -0.15) is 0 Å². The van der Waals surface area contributed by atoms with Crippen LogP contribution in [0.2, 0.25) is 0 Å². The van der Waals surface area contributed by atoms with E-state index in [1.807, 2.05) is 0 Å². The summed E-state index contributed by atoms with van der Waals surface area (Å²) in [5, 5.41) is 8.62. The topological polar surface area (TPSA) is 63.3 Å². The largest absolute Gasteiger partial charge is 0.481 e. The highest BCUT2D eigenvalue weighted by Crippen LogP contribution is 2.14. The predicted molar refractivity (Wildman–Crippen MR) is 57.3 cm³/mol. The van der Waals surface area contributed by atoms with Gasteiger partial charge in [-0.1, -0.05) is 18.7 Å². The fourth-order valence-electron chi connectivity index (χ4n) is 1.04. The van der Waals surface area contributed by atoms with E-state index in [9.17, 15) is 4.79 Å². The molecule has 0 aromatic rings. The van der Waals surface area contributed by atoms with E-state index in [1.165, 1.54) is 0 Å². The van der Waals surface area contributed by atoms with Gasteiger partial charge in [-0.05, 0) is 5.57 Å². The lowest BCUT2D eigenvalue weighted by molar-refractivity contribution is -0.137. The molecule has 4 heteroatoms. The summed E-state index contributed by atoms with van der Waals surface area (Å²) in [7, 11) is 0. The molecule has 0 bridgehead atoms. The van der Waals surface area contributed by atoms with E-state index >= 15 is 0 Å². The van der Waals surface area contributed by atoms with Gasteiger partial charge in [0.05, 0.1) is 6.42 Å². The standard InChI is InChI=1S/C10H14ClNO2/c1-2-8(4-3-5-11)9(7-12)6-10(13)14/h3-4,9H,1,5-7,12H2,(H,13,14)/b4-3-. The first-order valence-corrected chi connectivity index (χ1v) is 4.73. The third-order valence-corrected chi connectivity index (χ3v) is 1.91. The Labute approximate surface area is 88.6 Å². The van der Waals surface area contributed by atoms with Crippen LogP contribution >= 0.6 is 11.6 Å². The quantitative estimate of drug-likeness (QED) is 0.401. The van der Waals surface area contributed by atoms with E-state index in [0.717, 1.165) is 0 Å². The number of rotatable bonds is 6. The van der Waals surface area contributed by atoms with Gasteiger partial charge in [0.1, 0.15) is 0 Å². The highest BCUT2D eigenvalue weighted by molar-refractivity contribution is 6.18. The van der Waals surface area contributed by atoms with Gasteiger partial charge >= 0.3 is 5.97 Å². The van der Waals surface area contributed by atoms with Crippen molar-refractivity contribution in [2.75, 3.05) is 12.4 Å². The normalized spacial score (nSPS) is 12.4. The summed E-state index contributed by atoms with van der Waals surface area (Å²) >= 11 is 5.46. The molecular weight excluding hydrogens is 202 g/mol. The third-order valence-electron chi connectivity index (χ3n) is 1.74. The molecule has 0 aliphatic carbocycles. The number of alkyl halides is 1. The average molecular weight is 216 g/mol. The number of nitrogens with two attached hydrogens (primary N) is 1. The maximum Gasteiger partial charge on any atom is 0.304 e. The van der Waals surface area contributed by atoms with Crippen molar-refractivity contribution < 1.29 is 9.90 Å². The monoisotopic (exact) mass is 215 g/mol. The molecule has 0 fully saturated rings. The van der Waals surface area contributed by atoms with Crippen molar-refractivity contribution in [1.29, 1.82) is 0 Å². The number of hydrogen-bond acceptors (Lipinski definition) is 2. The van der Waals surface area contributed by atoms with Crippen molar-refractivity contribution in [1.82, 2.24) is 0 Å². The summed E-state index contributed by atoms with van der Waals surface area (Å²) in [4.78, 5) is 10.5. The SMILES string of the molecule is C=C=C(/C=C\CCl)C(CN)CC(=O)O. The molecule has 0 aromatic carbocycles. The number of allylic oxidation sites excluding steroid dienone is 2. The van der Waals surface area contributed by atoms with Crippen molar-refractivity contribution in [3.63, 3.8) is 0 Å². The van der Waals surface area contributed by atoms with Crippen LogP contribution in [0, 0.1) is 5.92 Å². The summed E-state index contributed by atoms with van der Waals surface area (Å²) in [5.74, 6) is -0.757. The van der Waals surface area contributed by atoms with Crippen molar-refractivity contribution in [3.05, 3.63) is 30.0 Å². The minimum atomic E-state index is -0.882. The van der Waals surface area contributed by atoms with Gasteiger partial charge in [0, 0.05) is 18.3 Å². The summed E-state index contributed by atoms with van der Waals surface area (Å²) in [6.45, 7) is 3.75. The molecule has 3 nitrogen and oxygen atoms in total. The van der Waals surface area contributed by atoms with Gasteiger partial charge in [0.15, 0.2) is 0 Å². The van der Waals surface area contributed by atoms with Gasteiger partial charge < -0.3 is 10.8 Å². The van der Waals surface area contributed by atoms with Crippen LogP contribution in [-0.2, 0) is 4.79 Å². The molecule has 1 atom stereocenters. The Hall–Kier alpha value is -1.02. The molecule has 0 saturated carbocycles. The lowest BCUT2D eigenvalue weighted by atomic mass is 9.96. The van der Waals surface area contributed by atoms with E-state index in [1.54, 1.807) is 12.2 Å². The lowest BCUT2D eigenvalue weighted by Gasteiger charge is -2.11. The van der Waals surface area contributed by atoms with E-state index in [0.29, 0.717) is 11.5 Å². The smallest absolute Gasteiger partial charge is 0.304 e. The number of aliphatic carboxylic acids is 1. The van der Waals surface area contributed by atoms with Crippen LogP contribution in [0.4, 0.5) is 0 Å². The molecule has 0 aliphatic rings. The van der Waals surface area contributed by atoms with Crippen molar-refractivity contribution in [2.45, 2.75) is 6.42 Å². The molecule has 0 aromatic heterocycles. The third kappa shape index (κ3) is 4.87. The van der Waals surface area contributed by atoms with Crippen LogP contribution < -0.4 is 5.73 Å². The van der Waals surface area contributed by atoms with Crippen LogP contribution in [-0.4, -0.2) is 23.5 Å². The molecule has 0 amide bonds. The number of carbonyl (C=O) groups is 1. The number of carboxylic acid groups (broad SMARTS) is 1. The molecule has 1 unspecified atom stereocenters. The second-order valence-electron chi connectivity index (χ2n) is 2.72. The molecule has 14 heavy (non-hydrogen) atoms. The molecule has 0 spiro atoms. The van der Waals surface area contributed by atoms with E-state index < -0.39 is 5.97 Å². The molecule has 3 N–H and O–H groups in total. The van der Waals surface area contributed by atoms with Crippen LogP contribution in [0.1, 0.15) is 6.42 Å². The highest BCUT2D eigenvalue weighted by atomic mass is 35.5. The van der Waals surface area contributed by atoms with E-state index in [2.05, 4.69) is 12.3 Å². The van der Waals surface area contributed by atoms with Crippen LogP contribution in [0.15, 0.2) is 30.0 Å². The Bertz CT molecular complexity index is 267. The van der Waals surface area contributed by atoms with E-state index in [4.69, 9.17) is 22.4 Å². The van der Waals surface area contributed by atoms with Gasteiger partial charge in [-0.25, -0.2) is 0 Å². The van der Waals surface area contributed by atoms with Gasteiger partial charge in [0.2, 0.25) is 0 Å². The molecule has 0 aliphatic heterocycles. The molecule has 78 valence electrons. The second kappa shape index (κ2) is 7.39. The van der Waals surface area contributed by atoms with E-state index in [-0.39, 0.29) is 18.9 Å². The Kier molecular flexibility index (Phi) is 6.85. The lowest BCUT2D eigenvalue weighted by Crippen LogP contribution is -2.19. The fraction of sp³-hybridized carbons (Fsp3) is 0.400. The second-order valence-corrected chi connectivity index (χ2v) is 3.03. The summed E-state index contributed by atoms with van der Waals surface area (Å²) in [5.41, 5.74) is 8.81. The summed E-state index contributed by atoms with van der Waals surface area (Å²) in [6, 6.07) is 0. The fourth-order valence-corrected chi connectivity index (χ4v) is 1.13. The molecule has 0 heterocycles. The maximum absolute atomic E-state index is 10.5. The van der Waals surface area contributed by atoms with Crippen molar-refractivity contribution in [2.24, 2.45) is 11.7 Å². The zero-order valence-corrected chi connectivity index (χ0v) is 8.63. The molecule has 0 radical (unpaired) electrons. The molecule has 0 saturated heterocycles. The Morgan fingerprint density at radius 1 is 1.71 bits per heavy atom. The first-order chi connectivity index (χ1) is 6.65. The molecule has 0 rings (SSSR count).